The van der Waals surface area contributed by atoms with Crippen LogP contribution in [0.5, 0.6) is 5.75 Å². The van der Waals surface area contributed by atoms with Gasteiger partial charge < -0.3 is 10.3 Å². The third-order valence-electron chi connectivity index (χ3n) is 1.68. The predicted octanol–water partition coefficient (Wildman–Crippen LogP) is 1.94. The molecule has 0 heterocycles. The van der Waals surface area contributed by atoms with Gasteiger partial charge in [0.2, 0.25) is 0 Å². The van der Waals surface area contributed by atoms with Crippen LogP contribution in [0.4, 0.5) is 0 Å². The predicted molar refractivity (Wildman–Crippen MR) is 49.2 cm³/mol. The number of hydrogen-bond acceptors (Lipinski definition) is 3. The molecule has 3 N–H and O–H groups in total. The average Bonchev–Trinajstić information content (AvgIpc) is 2.06. The Balaban J connectivity index is 3.14. The first-order chi connectivity index (χ1) is 5.66. The summed E-state index contributed by atoms with van der Waals surface area (Å²) in [5, 5.41) is 18.0. The smallest absolute Gasteiger partial charge is 0.124 e. The molecule has 12 heavy (non-hydrogen) atoms. The molecule has 4 heteroatoms. The van der Waals surface area contributed by atoms with Crippen molar-refractivity contribution in [2.75, 3.05) is 0 Å². The second-order valence-corrected chi connectivity index (χ2v) is 3.38. The van der Waals surface area contributed by atoms with Gasteiger partial charge in [0, 0.05) is 10.0 Å². The Bertz CT molecular complexity index is 289. The van der Waals surface area contributed by atoms with Gasteiger partial charge in [-0.2, -0.15) is 0 Å². The highest BCUT2D eigenvalue weighted by Crippen LogP contribution is 2.28. The second kappa shape index (κ2) is 3.89. The lowest BCUT2D eigenvalue weighted by molar-refractivity contribution is 0.160. The fourth-order valence-electron chi connectivity index (χ4n) is 0.976. The van der Waals surface area contributed by atoms with E-state index in [0.717, 1.165) is 10.0 Å². The molecule has 0 saturated heterocycles. The van der Waals surface area contributed by atoms with Crippen LogP contribution in [0.2, 0.25) is 0 Å². The molecule has 0 saturated carbocycles. The highest BCUT2D eigenvalue weighted by atomic mass is 79.9. The van der Waals surface area contributed by atoms with E-state index >= 15 is 0 Å². The molecule has 0 aliphatic rings. The van der Waals surface area contributed by atoms with Crippen LogP contribution in [-0.2, 0) is 6.54 Å². The van der Waals surface area contributed by atoms with Gasteiger partial charge in [-0.3, -0.25) is 0 Å². The molecule has 0 spiro atoms. The zero-order valence-electron chi connectivity index (χ0n) is 6.63. The van der Waals surface area contributed by atoms with Gasteiger partial charge in [-0.25, -0.2) is 5.48 Å². The van der Waals surface area contributed by atoms with Crippen LogP contribution in [0.15, 0.2) is 16.6 Å². The summed E-state index contributed by atoms with van der Waals surface area (Å²) >= 11 is 3.27. The lowest BCUT2D eigenvalue weighted by Gasteiger charge is -2.07. The summed E-state index contributed by atoms with van der Waals surface area (Å²) in [6.07, 6.45) is 0. The molecular weight excluding hydrogens is 222 g/mol. The second-order valence-electron chi connectivity index (χ2n) is 2.53. The van der Waals surface area contributed by atoms with Crippen LogP contribution in [0, 0.1) is 6.92 Å². The van der Waals surface area contributed by atoms with Gasteiger partial charge in [0.1, 0.15) is 5.75 Å². The fraction of sp³-hybridized carbons (Fsp3) is 0.250. The topological polar surface area (TPSA) is 52.5 Å². The maximum Gasteiger partial charge on any atom is 0.124 e. The molecule has 3 nitrogen and oxygen atoms in total. The summed E-state index contributed by atoms with van der Waals surface area (Å²) in [5.74, 6) is 0.214. The average molecular weight is 232 g/mol. The summed E-state index contributed by atoms with van der Waals surface area (Å²) in [7, 11) is 0. The number of halogens is 1. The quantitative estimate of drug-likeness (QED) is 0.683. The van der Waals surface area contributed by atoms with Gasteiger partial charge in [0.05, 0.1) is 6.54 Å². The number of aromatic hydroxyl groups is 1. The van der Waals surface area contributed by atoms with Crippen molar-refractivity contribution in [3.63, 3.8) is 0 Å². The fourth-order valence-corrected chi connectivity index (χ4v) is 1.44. The number of benzene rings is 1. The maximum atomic E-state index is 9.53. The minimum Gasteiger partial charge on any atom is -0.507 e. The van der Waals surface area contributed by atoms with Gasteiger partial charge in [0.15, 0.2) is 0 Å². The molecule has 1 aromatic carbocycles. The van der Waals surface area contributed by atoms with E-state index in [9.17, 15) is 5.11 Å². The van der Waals surface area contributed by atoms with Crippen LogP contribution in [-0.4, -0.2) is 10.3 Å². The van der Waals surface area contributed by atoms with Gasteiger partial charge in [-0.05, 0) is 18.6 Å². The molecular formula is C8H10BrNO2. The van der Waals surface area contributed by atoms with E-state index < -0.39 is 0 Å². The third kappa shape index (κ3) is 1.77. The van der Waals surface area contributed by atoms with E-state index in [-0.39, 0.29) is 12.3 Å². The van der Waals surface area contributed by atoms with Gasteiger partial charge in [-0.1, -0.05) is 22.0 Å². The van der Waals surface area contributed by atoms with E-state index in [4.69, 9.17) is 5.21 Å². The molecule has 66 valence electrons. The summed E-state index contributed by atoms with van der Waals surface area (Å²) < 4.78 is 0.784. The zero-order chi connectivity index (χ0) is 9.14. The van der Waals surface area contributed by atoms with Crippen LogP contribution in [0.1, 0.15) is 11.1 Å². The number of phenols is 1. The molecule has 0 radical (unpaired) electrons. The molecule has 1 aromatic rings. The van der Waals surface area contributed by atoms with E-state index in [1.165, 1.54) is 0 Å². The summed E-state index contributed by atoms with van der Waals surface area (Å²) in [4.78, 5) is 0. The van der Waals surface area contributed by atoms with Crippen LogP contribution in [0.25, 0.3) is 0 Å². The van der Waals surface area contributed by atoms with Crippen molar-refractivity contribution in [3.05, 3.63) is 27.7 Å². The summed E-state index contributed by atoms with van der Waals surface area (Å²) in [6.45, 7) is 2.04. The maximum absolute atomic E-state index is 9.53. The van der Waals surface area contributed by atoms with Crippen molar-refractivity contribution in [1.29, 1.82) is 0 Å². The monoisotopic (exact) mass is 231 g/mol. The number of aryl methyl sites for hydroxylation is 1. The largest absolute Gasteiger partial charge is 0.507 e. The first-order valence-corrected chi connectivity index (χ1v) is 4.30. The highest BCUT2D eigenvalue weighted by Gasteiger charge is 2.07. The van der Waals surface area contributed by atoms with Crippen LogP contribution in [0.3, 0.4) is 0 Å². The molecule has 0 aromatic heterocycles. The molecule has 0 fully saturated rings. The SMILES string of the molecule is Cc1ccc(Br)c(CNO)c1O. The lowest BCUT2D eigenvalue weighted by Crippen LogP contribution is -2.07. The lowest BCUT2D eigenvalue weighted by atomic mass is 10.1. The van der Waals surface area contributed by atoms with E-state index in [2.05, 4.69) is 15.9 Å². The van der Waals surface area contributed by atoms with E-state index in [0.29, 0.717) is 5.56 Å². The number of phenolic OH excluding ortho intramolecular Hbond substituents is 1. The number of nitrogens with one attached hydrogen (secondary N) is 1. The van der Waals surface area contributed by atoms with Crippen molar-refractivity contribution in [2.24, 2.45) is 0 Å². The normalized spacial score (nSPS) is 10.2. The minimum absolute atomic E-state index is 0.214. The van der Waals surface area contributed by atoms with E-state index in [1.807, 2.05) is 18.5 Å². The molecule has 0 aliphatic heterocycles. The summed E-state index contributed by atoms with van der Waals surface area (Å²) in [5.41, 5.74) is 3.46. The summed E-state index contributed by atoms with van der Waals surface area (Å²) in [6, 6.07) is 3.64. The van der Waals surface area contributed by atoms with Gasteiger partial charge >= 0.3 is 0 Å². The Morgan fingerprint density at radius 2 is 2.17 bits per heavy atom. The minimum atomic E-state index is 0.214. The first-order valence-electron chi connectivity index (χ1n) is 3.50. The number of rotatable bonds is 2. The zero-order valence-corrected chi connectivity index (χ0v) is 8.22. The Hall–Kier alpha value is -0.580. The van der Waals surface area contributed by atoms with Crippen molar-refractivity contribution in [2.45, 2.75) is 13.5 Å². The van der Waals surface area contributed by atoms with Crippen molar-refractivity contribution >= 4 is 15.9 Å². The molecule has 0 bridgehead atoms. The van der Waals surface area contributed by atoms with Crippen LogP contribution >= 0.6 is 15.9 Å². The van der Waals surface area contributed by atoms with Crippen molar-refractivity contribution < 1.29 is 10.3 Å². The molecule has 1 rings (SSSR count). The molecule has 0 amide bonds. The molecule has 0 unspecified atom stereocenters. The highest BCUT2D eigenvalue weighted by molar-refractivity contribution is 9.10. The number of hydroxylamine groups is 1. The Morgan fingerprint density at radius 1 is 1.50 bits per heavy atom. The molecule has 0 atom stereocenters. The van der Waals surface area contributed by atoms with Gasteiger partial charge in [0.25, 0.3) is 0 Å². The Kier molecular flexibility index (Phi) is 3.08. The standard InChI is InChI=1S/C8H10BrNO2/c1-5-2-3-7(9)6(4-10-12)8(5)11/h2-3,10-12H,4H2,1H3. The number of hydrogen-bond donors (Lipinski definition) is 3. The first kappa shape index (κ1) is 9.51. The van der Waals surface area contributed by atoms with Crippen LogP contribution < -0.4 is 5.48 Å². The molecule has 0 aliphatic carbocycles. The van der Waals surface area contributed by atoms with E-state index in [1.54, 1.807) is 6.07 Å². The Morgan fingerprint density at radius 3 is 2.75 bits per heavy atom. The van der Waals surface area contributed by atoms with Crippen molar-refractivity contribution in [3.8, 4) is 5.75 Å². The van der Waals surface area contributed by atoms with Crippen molar-refractivity contribution in [1.82, 2.24) is 5.48 Å². The third-order valence-corrected chi connectivity index (χ3v) is 2.43. The van der Waals surface area contributed by atoms with Gasteiger partial charge in [-0.15, -0.1) is 0 Å². The Labute approximate surface area is 79.1 Å².